The molecule has 1 aliphatic rings. The van der Waals surface area contributed by atoms with Crippen LogP contribution < -0.4 is 10.6 Å². The molecule has 0 spiro atoms. The Kier molecular flexibility index (Phi) is 4.01. The molecule has 25 heavy (non-hydrogen) atoms. The number of rotatable bonds is 4. The second kappa shape index (κ2) is 6.33. The van der Waals surface area contributed by atoms with Crippen LogP contribution in [0.25, 0.3) is 11.0 Å². The Hall–Kier alpha value is -2.67. The third kappa shape index (κ3) is 2.91. The summed E-state index contributed by atoms with van der Waals surface area (Å²) in [5.74, 6) is 0.796. The van der Waals surface area contributed by atoms with E-state index < -0.39 is 0 Å². The summed E-state index contributed by atoms with van der Waals surface area (Å²) in [6.45, 7) is 5.72. The molecule has 0 aliphatic carbocycles. The average molecular weight is 338 g/mol. The molecule has 3 aromatic rings. The van der Waals surface area contributed by atoms with E-state index in [9.17, 15) is 4.79 Å². The summed E-state index contributed by atoms with van der Waals surface area (Å²) in [4.78, 5) is 20.8. The minimum absolute atomic E-state index is 0.166. The highest BCUT2D eigenvalue weighted by Gasteiger charge is 2.26. The van der Waals surface area contributed by atoms with Gasteiger partial charge in [0.25, 0.3) is 5.91 Å². The third-order valence-electron chi connectivity index (χ3n) is 4.68. The van der Waals surface area contributed by atoms with Crippen LogP contribution in [-0.4, -0.2) is 32.6 Å². The number of aromatic amines is 2. The fourth-order valence-electron chi connectivity index (χ4n) is 3.29. The molecule has 1 aliphatic heterocycles. The fourth-order valence-corrected chi connectivity index (χ4v) is 3.29. The highest BCUT2D eigenvalue weighted by molar-refractivity contribution is 5.94. The van der Waals surface area contributed by atoms with Crippen LogP contribution in [0.1, 0.15) is 47.5 Å². The molecule has 0 radical (unpaired) electrons. The zero-order valence-corrected chi connectivity index (χ0v) is 14.4. The molecule has 2 aromatic heterocycles. The number of imidazole rings is 1. The lowest BCUT2D eigenvalue weighted by Crippen LogP contribution is -2.34. The number of fused-ring (bicyclic) bond motifs is 2. The molecule has 0 saturated heterocycles. The van der Waals surface area contributed by atoms with E-state index in [-0.39, 0.29) is 17.9 Å². The van der Waals surface area contributed by atoms with Gasteiger partial charge in [0.15, 0.2) is 5.69 Å². The summed E-state index contributed by atoms with van der Waals surface area (Å²) < 4.78 is 0. The van der Waals surface area contributed by atoms with Crippen LogP contribution in [0.5, 0.6) is 0 Å². The van der Waals surface area contributed by atoms with Gasteiger partial charge in [0.2, 0.25) is 0 Å². The molecule has 1 aromatic carbocycles. The molecule has 0 bridgehead atoms. The van der Waals surface area contributed by atoms with Crippen LogP contribution in [0.15, 0.2) is 24.3 Å². The van der Waals surface area contributed by atoms with Crippen LogP contribution in [0.3, 0.4) is 0 Å². The Balaban J connectivity index is 1.61. The molecule has 0 saturated carbocycles. The molecular formula is C18H22N6O. The van der Waals surface area contributed by atoms with Crippen molar-refractivity contribution < 1.29 is 4.79 Å². The molecule has 4 N–H and O–H groups in total. The number of hydrogen-bond donors (Lipinski definition) is 4. The van der Waals surface area contributed by atoms with Crippen LogP contribution in [0.4, 0.5) is 0 Å². The second-order valence-electron chi connectivity index (χ2n) is 6.79. The number of nitrogens with one attached hydrogen (secondary N) is 4. The summed E-state index contributed by atoms with van der Waals surface area (Å²) in [6, 6.07) is 7.67. The van der Waals surface area contributed by atoms with Crippen LogP contribution in [0.2, 0.25) is 0 Å². The lowest BCUT2D eigenvalue weighted by molar-refractivity contribution is 0.0917. The molecule has 3 heterocycles. The Morgan fingerprint density at radius 1 is 1.28 bits per heavy atom. The number of H-pyrrole nitrogens is 2. The predicted molar refractivity (Wildman–Crippen MR) is 95.1 cm³/mol. The highest BCUT2D eigenvalue weighted by atomic mass is 16.2. The summed E-state index contributed by atoms with van der Waals surface area (Å²) in [6.07, 6.45) is 0.868. The van der Waals surface area contributed by atoms with E-state index in [0.29, 0.717) is 12.2 Å². The first-order chi connectivity index (χ1) is 12.1. The van der Waals surface area contributed by atoms with E-state index in [1.807, 2.05) is 24.3 Å². The molecule has 1 unspecified atom stereocenters. The van der Waals surface area contributed by atoms with E-state index in [4.69, 9.17) is 0 Å². The summed E-state index contributed by atoms with van der Waals surface area (Å²) in [5.41, 5.74) is 4.37. The van der Waals surface area contributed by atoms with Crippen molar-refractivity contribution in [3.63, 3.8) is 0 Å². The third-order valence-corrected chi connectivity index (χ3v) is 4.68. The van der Waals surface area contributed by atoms with Crippen LogP contribution in [-0.2, 0) is 13.0 Å². The molecule has 130 valence electrons. The Bertz CT molecular complexity index is 876. The number of amides is 1. The standard InChI is InChI=1S/C18H22N6O/c1-10(2)15(17-20-13-5-3-4-6-14(13)21-17)22-18(25)16-11-9-19-8-7-12(11)23-24-16/h3-6,10,15,19H,7-9H2,1-2H3,(H,20,21)(H,22,25)(H,23,24). The summed E-state index contributed by atoms with van der Waals surface area (Å²) in [5, 5.41) is 13.6. The molecule has 7 nitrogen and oxygen atoms in total. The quantitative estimate of drug-likeness (QED) is 0.585. The maximum atomic E-state index is 12.8. The van der Waals surface area contributed by atoms with Crippen molar-refractivity contribution in [2.75, 3.05) is 6.54 Å². The number of aromatic nitrogens is 4. The average Bonchev–Trinajstić information content (AvgIpc) is 3.23. The summed E-state index contributed by atoms with van der Waals surface area (Å²) >= 11 is 0. The Labute approximate surface area is 145 Å². The number of nitrogens with zero attached hydrogens (tertiary/aromatic N) is 2. The minimum Gasteiger partial charge on any atom is -0.340 e. The maximum Gasteiger partial charge on any atom is 0.272 e. The zero-order valence-electron chi connectivity index (χ0n) is 14.4. The first kappa shape index (κ1) is 15.8. The van der Waals surface area contributed by atoms with E-state index in [1.54, 1.807) is 0 Å². The van der Waals surface area contributed by atoms with Gasteiger partial charge in [-0.15, -0.1) is 0 Å². The van der Waals surface area contributed by atoms with Crippen molar-refractivity contribution in [2.45, 2.75) is 32.9 Å². The van der Waals surface area contributed by atoms with Gasteiger partial charge in [-0.2, -0.15) is 5.10 Å². The van der Waals surface area contributed by atoms with Gasteiger partial charge in [-0.05, 0) is 18.1 Å². The topological polar surface area (TPSA) is 98.5 Å². The number of hydrogen-bond acceptors (Lipinski definition) is 4. The maximum absolute atomic E-state index is 12.8. The van der Waals surface area contributed by atoms with Crippen molar-refractivity contribution in [3.05, 3.63) is 47.0 Å². The van der Waals surface area contributed by atoms with Crippen LogP contribution >= 0.6 is 0 Å². The first-order valence-corrected chi connectivity index (χ1v) is 8.66. The van der Waals surface area contributed by atoms with Gasteiger partial charge < -0.3 is 15.6 Å². The Morgan fingerprint density at radius 2 is 2.12 bits per heavy atom. The van der Waals surface area contributed by atoms with E-state index in [1.165, 1.54) is 0 Å². The fraction of sp³-hybridized carbons (Fsp3) is 0.389. The lowest BCUT2D eigenvalue weighted by Gasteiger charge is -2.20. The first-order valence-electron chi connectivity index (χ1n) is 8.66. The smallest absolute Gasteiger partial charge is 0.272 e. The van der Waals surface area contributed by atoms with Crippen LogP contribution in [0, 0.1) is 5.92 Å². The minimum atomic E-state index is -0.205. The van der Waals surface area contributed by atoms with Crippen molar-refractivity contribution in [3.8, 4) is 0 Å². The number of carbonyl (C=O) groups excluding carboxylic acids is 1. The Morgan fingerprint density at radius 3 is 2.92 bits per heavy atom. The number of benzene rings is 1. The molecule has 7 heteroatoms. The molecule has 1 atom stereocenters. The van der Waals surface area contributed by atoms with Gasteiger partial charge in [0, 0.05) is 30.8 Å². The van der Waals surface area contributed by atoms with Gasteiger partial charge in [-0.25, -0.2) is 4.98 Å². The summed E-state index contributed by atoms with van der Waals surface area (Å²) in [7, 11) is 0. The highest BCUT2D eigenvalue weighted by Crippen LogP contribution is 2.23. The zero-order chi connectivity index (χ0) is 17.4. The predicted octanol–water partition coefficient (Wildman–Crippen LogP) is 2.06. The van der Waals surface area contributed by atoms with E-state index >= 15 is 0 Å². The van der Waals surface area contributed by atoms with Gasteiger partial charge in [0.05, 0.1) is 17.1 Å². The van der Waals surface area contributed by atoms with Crippen molar-refractivity contribution in [1.29, 1.82) is 0 Å². The molecular weight excluding hydrogens is 316 g/mol. The number of para-hydroxylation sites is 2. The monoisotopic (exact) mass is 338 g/mol. The largest absolute Gasteiger partial charge is 0.340 e. The SMILES string of the molecule is CC(C)C(NC(=O)c1n[nH]c2c1CNCC2)c1nc2ccccc2[nH]1. The molecule has 4 rings (SSSR count). The molecule has 0 fully saturated rings. The van der Waals surface area contributed by atoms with E-state index in [2.05, 4.69) is 44.6 Å². The normalized spacial score (nSPS) is 15.3. The van der Waals surface area contributed by atoms with Gasteiger partial charge >= 0.3 is 0 Å². The van der Waals surface area contributed by atoms with Gasteiger partial charge in [-0.1, -0.05) is 26.0 Å². The van der Waals surface area contributed by atoms with Crippen molar-refractivity contribution in [1.82, 2.24) is 30.8 Å². The van der Waals surface area contributed by atoms with Gasteiger partial charge in [0.1, 0.15) is 5.82 Å². The van der Waals surface area contributed by atoms with Crippen molar-refractivity contribution >= 4 is 16.9 Å². The molecule has 1 amide bonds. The second-order valence-corrected chi connectivity index (χ2v) is 6.79. The van der Waals surface area contributed by atoms with E-state index in [0.717, 1.165) is 41.1 Å². The van der Waals surface area contributed by atoms with Gasteiger partial charge in [-0.3, -0.25) is 9.89 Å². The number of carbonyl (C=O) groups is 1. The lowest BCUT2D eigenvalue weighted by atomic mass is 10.0. The van der Waals surface area contributed by atoms with Crippen molar-refractivity contribution in [2.24, 2.45) is 5.92 Å².